The van der Waals surface area contributed by atoms with E-state index in [1.54, 1.807) is 0 Å². The van der Waals surface area contributed by atoms with Crippen LogP contribution < -0.4 is 5.32 Å². The van der Waals surface area contributed by atoms with Gasteiger partial charge in [-0.25, -0.2) is 0 Å². The molecule has 1 aliphatic rings. The number of rotatable bonds is 5. The molecule has 0 saturated carbocycles. The Balaban J connectivity index is 1.51. The minimum absolute atomic E-state index is 0.523. The molecule has 100 valence electrons. The third-order valence-corrected chi connectivity index (χ3v) is 4.60. The first-order valence-corrected chi connectivity index (χ1v) is 7.84. The number of fused-ring (bicyclic) bond motifs is 1. The molecule has 1 N–H and O–H groups in total. The van der Waals surface area contributed by atoms with Gasteiger partial charge in [0.05, 0.1) is 0 Å². The lowest BCUT2D eigenvalue weighted by atomic mass is 10.0. The number of aromatic nitrogens is 2. The van der Waals surface area contributed by atoms with E-state index in [-0.39, 0.29) is 0 Å². The highest BCUT2D eigenvalue weighted by molar-refractivity contribution is 7.99. The van der Waals surface area contributed by atoms with Crippen molar-refractivity contribution in [2.45, 2.75) is 30.3 Å². The predicted octanol–water partition coefficient (Wildman–Crippen LogP) is 3.10. The molecule has 3 nitrogen and oxygen atoms in total. The van der Waals surface area contributed by atoms with Crippen LogP contribution in [0.15, 0.2) is 47.6 Å². The summed E-state index contributed by atoms with van der Waals surface area (Å²) in [4.78, 5) is 1.44. The van der Waals surface area contributed by atoms with Crippen LogP contribution in [-0.4, -0.2) is 22.1 Å². The Morgan fingerprint density at radius 3 is 3.16 bits per heavy atom. The Morgan fingerprint density at radius 1 is 1.32 bits per heavy atom. The van der Waals surface area contributed by atoms with Crippen LogP contribution in [0.2, 0.25) is 0 Å². The van der Waals surface area contributed by atoms with Crippen LogP contribution in [0.1, 0.15) is 24.4 Å². The van der Waals surface area contributed by atoms with Crippen molar-refractivity contribution in [3.05, 3.63) is 48.3 Å². The Morgan fingerprint density at radius 2 is 2.26 bits per heavy atom. The molecule has 0 unspecified atom stereocenters. The summed E-state index contributed by atoms with van der Waals surface area (Å²) in [6, 6.07) is 11.3. The Labute approximate surface area is 118 Å². The summed E-state index contributed by atoms with van der Waals surface area (Å²) in [6.45, 7) is 2.03. The van der Waals surface area contributed by atoms with Gasteiger partial charge in [-0.05, 0) is 42.8 Å². The number of nitrogens with one attached hydrogen (secondary N) is 1. The summed E-state index contributed by atoms with van der Waals surface area (Å²) < 4.78 is 1.99. The molecule has 0 fully saturated rings. The van der Waals surface area contributed by atoms with Crippen LogP contribution in [-0.2, 0) is 6.54 Å². The normalized spacial score (nSPS) is 18.2. The molecular weight excluding hydrogens is 254 g/mol. The number of aryl methyl sites for hydroxylation is 1. The van der Waals surface area contributed by atoms with Crippen LogP contribution >= 0.6 is 11.8 Å². The molecule has 3 rings (SSSR count). The van der Waals surface area contributed by atoms with E-state index in [0.29, 0.717) is 6.04 Å². The molecule has 1 aromatic heterocycles. The van der Waals surface area contributed by atoms with Gasteiger partial charge in [-0.2, -0.15) is 5.10 Å². The minimum atomic E-state index is 0.523. The molecule has 0 spiro atoms. The van der Waals surface area contributed by atoms with Gasteiger partial charge < -0.3 is 5.32 Å². The number of hydrogen-bond acceptors (Lipinski definition) is 3. The molecule has 1 aliphatic heterocycles. The lowest BCUT2D eigenvalue weighted by Crippen LogP contribution is -2.26. The molecule has 2 aromatic rings. The maximum atomic E-state index is 4.22. The highest BCUT2D eigenvalue weighted by Crippen LogP contribution is 2.35. The van der Waals surface area contributed by atoms with Crippen LogP contribution in [0.25, 0.3) is 0 Å². The first-order valence-electron chi connectivity index (χ1n) is 6.86. The fourth-order valence-electron chi connectivity index (χ4n) is 2.50. The second-order valence-corrected chi connectivity index (χ2v) is 5.94. The summed E-state index contributed by atoms with van der Waals surface area (Å²) in [6.07, 6.45) is 6.20. The Kier molecular flexibility index (Phi) is 4.20. The van der Waals surface area contributed by atoms with Crippen molar-refractivity contribution in [3.8, 4) is 0 Å². The fourth-order valence-corrected chi connectivity index (χ4v) is 3.63. The number of nitrogens with zero attached hydrogens (tertiary/aromatic N) is 2. The van der Waals surface area contributed by atoms with E-state index in [1.165, 1.54) is 22.6 Å². The highest BCUT2D eigenvalue weighted by Gasteiger charge is 2.19. The van der Waals surface area contributed by atoms with Gasteiger partial charge in [0, 0.05) is 29.9 Å². The van der Waals surface area contributed by atoms with E-state index in [0.717, 1.165) is 19.5 Å². The van der Waals surface area contributed by atoms with Crippen molar-refractivity contribution < 1.29 is 0 Å². The molecule has 0 amide bonds. The van der Waals surface area contributed by atoms with E-state index >= 15 is 0 Å². The van der Waals surface area contributed by atoms with Crippen LogP contribution in [0, 0.1) is 0 Å². The number of thioether (sulfide) groups is 1. The molecule has 0 aliphatic carbocycles. The second-order valence-electron chi connectivity index (χ2n) is 4.80. The summed E-state index contributed by atoms with van der Waals surface area (Å²) >= 11 is 1.98. The summed E-state index contributed by atoms with van der Waals surface area (Å²) in [7, 11) is 0. The quantitative estimate of drug-likeness (QED) is 0.849. The molecule has 0 saturated heterocycles. The van der Waals surface area contributed by atoms with Gasteiger partial charge in [-0.1, -0.05) is 18.2 Å². The monoisotopic (exact) mass is 273 g/mol. The number of benzene rings is 1. The first-order chi connectivity index (χ1) is 9.43. The molecule has 1 atom stereocenters. The average Bonchev–Trinajstić information content (AvgIpc) is 2.97. The van der Waals surface area contributed by atoms with Crippen LogP contribution in [0.5, 0.6) is 0 Å². The van der Waals surface area contributed by atoms with Crippen molar-refractivity contribution in [1.29, 1.82) is 0 Å². The zero-order valence-electron chi connectivity index (χ0n) is 11.0. The van der Waals surface area contributed by atoms with E-state index < -0.39 is 0 Å². The predicted molar refractivity (Wildman–Crippen MR) is 79.4 cm³/mol. The summed E-state index contributed by atoms with van der Waals surface area (Å²) in [5.74, 6) is 1.22. The zero-order valence-corrected chi connectivity index (χ0v) is 11.8. The van der Waals surface area contributed by atoms with Gasteiger partial charge in [0.25, 0.3) is 0 Å². The maximum Gasteiger partial charge on any atom is 0.0489 e. The molecule has 1 aromatic carbocycles. The van der Waals surface area contributed by atoms with E-state index in [1.807, 2.05) is 34.9 Å². The molecule has 4 heteroatoms. The zero-order chi connectivity index (χ0) is 12.9. The lowest BCUT2D eigenvalue weighted by molar-refractivity contribution is 0.474. The summed E-state index contributed by atoms with van der Waals surface area (Å²) in [5, 5.41) is 7.91. The standard InChI is InChI=1S/C15H19N3S/c1-2-6-15-13(5-1)14(7-12-19-15)16-8-3-10-18-11-4-9-17-18/h1-2,4-6,9,11,14,16H,3,7-8,10,12H2/t14-/m0/s1. The van der Waals surface area contributed by atoms with Gasteiger partial charge in [0.15, 0.2) is 0 Å². The van der Waals surface area contributed by atoms with Gasteiger partial charge in [-0.15, -0.1) is 11.8 Å². The maximum absolute atomic E-state index is 4.22. The summed E-state index contributed by atoms with van der Waals surface area (Å²) in [5.41, 5.74) is 1.47. The molecule has 19 heavy (non-hydrogen) atoms. The lowest BCUT2D eigenvalue weighted by Gasteiger charge is -2.26. The molecule has 2 heterocycles. The van der Waals surface area contributed by atoms with Gasteiger partial charge in [0.2, 0.25) is 0 Å². The third-order valence-electron chi connectivity index (χ3n) is 3.47. The van der Waals surface area contributed by atoms with Crippen molar-refractivity contribution in [2.75, 3.05) is 12.3 Å². The van der Waals surface area contributed by atoms with Gasteiger partial charge in [0.1, 0.15) is 0 Å². The fraction of sp³-hybridized carbons (Fsp3) is 0.400. The van der Waals surface area contributed by atoms with E-state index in [4.69, 9.17) is 0 Å². The van der Waals surface area contributed by atoms with Crippen molar-refractivity contribution in [1.82, 2.24) is 15.1 Å². The SMILES string of the molecule is c1ccc2c(c1)SCC[C@@H]2NCCCn1cccn1. The molecule has 0 bridgehead atoms. The second kappa shape index (κ2) is 6.26. The first kappa shape index (κ1) is 12.8. The van der Waals surface area contributed by atoms with Crippen molar-refractivity contribution in [3.63, 3.8) is 0 Å². The minimum Gasteiger partial charge on any atom is -0.310 e. The third kappa shape index (κ3) is 3.19. The van der Waals surface area contributed by atoms with Crippen molar-refractivity contribution >= 4 is 11.8 Å². The average molecular weight is 273 g/mol. The van der Waals surface area contributed by atoms with E-state index in [2.05, 4.69) is 34.7 Å². The smallest absolute Gasteiger partial charge is 0.0489 e. The largest absolute Gasteiger partial charge is 0.310 e. The van der Waals surface area contributed by atoms with Crippen molar-refractivity contribution in [2.24, 2.45) is 0 Å². The Hall–Kier alpha value is -1.26. The number of hydrogen-bond donors (Lipinski definition) is 1. The van der Waals surface area contributed by atoms with Crippen LogP contribution in [0.3, 0.4) is 0 Å². The van der Waals surface area contributed by atoms with Gasteiger partial charge in [-0.3, -0.25) is 4.68 Å². The van der Waals surface area contributed by atoms with E-state index in [9.17, 15) is 0 Å². The van der Waals surface area contributed by atoms with Crippen LogP contribution in [0.4, 0.5) is 0 Å². The molecular formula is C15H19N3S. The Bertz CT molecular complexity index is 510. The molecule has 0 radical (unpaired) electrons. The topological polar surface area (TPSA) is 29.9 Å². The van der Waals surface area contributed by atoms with Gasteiger partial charge >= 0.3 is 0 Å². The highest BCUT2D eigenvalue weighted by atomic mass is 32.2.